The van der Waals surface area contributed by atoms with E-state index in [0.29, 0.717) is 18.4 Å². The molecule has 2 aliphatic rings. The van der Waals surface area contributed by atoms with Gasteiger partial charge in [-0.05, 0) is 48.6 Å². The minimum absolute atomic E-state index is 0.0990. The molecule has 1 saturated carbocycles. The zero-order chi connectivity index (χ0) is 14.3. The van der Waals surface area contributed by atoms with E-state index in [0.717, 1.165) is 23.5 Å². The molecule has 2 atom stereocenters. The Bertz CT molecular complexity index is 535. The smallest absolute Gasteiger partial charge is 0.308 e. The highest BCUT2D eigenvalue weighted by Crippen LogP contribution is 2.44. The number of carboxylic acid groups (broad SMARTS) is 1. The van der Waals surface area contributed by atoms with Crippen LogP contribution in [-0.2, 0) is 11.3 Å². The van der Waals surface area contributed by atoms with E-state index in [-0.39, 0.29) is 11.7 Å². The number of carbonyl (C=O) groups excluding carboxylic acids is 1. The number of aliphatic carboxylic acids is 1. The zero-order valence-corrected chi connectivity index (χ0v) is 12.4. The molecule has 1 N–H and O–H groups in total. The van der Waals surface area contributed by atoms with E-state index in [4.69, 9.17) is 0 Å². The number of carboxylic acids is 1. The summed E-state index contributed by atoms with van der Waals surface area (Å²) >= 11 is 1.48. The highest BCUT2D eigenvalue weighted by atomic mass is 32.1. The Morgan fingerprint density at radius 1 is 1.40 bits per heavy atom. The van der Waals surface area contributed by atoms with Crippen molar-refractivity contribution in [2.24, 2.45) is 17.8 Å². The van der Waals surface area contributed by atoms with Crippen LogP contribution in [0.2, 0.25) is 0 Å². The summed E-state index contributed by atoms with van der Waals surface area (Å²) in [7, 11) is 0. The molecule has 2 heterocycles. The van der Waals surface area contributed by atoms with Crippen LogP contribution in [0.25, 0.3) is 0 Å². The molecular weight excluding hydrogens is 274 g/mol. The number of hydrogen-bond acceptors (Lipinski definition) is 4. The first-order valence-electron chi connectivity index (χ1n) is 7.08. The Labute approximate surface area is 122 Å². The fraction of sp³-hybridized carbons (Fsp3) is 0.600. The van der Waals surface area contributed by atoms with Crippen molar-refractivity contribution in [1.82, 2.24) is 4.90 Å². The number of nitrogens with zero attached hydrogens (tertiary/aromatic N) is 1. The lowest BCUT2D eigenvalue weighted by Gasteiger charge is -2.14. The van der Waals surface area contributed by atoms with E-state index in [1.165, 1.54) is 24.2 Å². The molecule has 1 saturated heterocycles. The van der Waals surface area contributed by atoms with Crippen LogP contribution in [0.1, 0.15) is 35.0 Å². The summed E-state index contributed by atoms with van der Waals surface area (Å²) in [5, 5.41) is 11.4. The van der Waals surface area contributed by atoms with Gasteiger partial charge < -0.3 is 5.11 Å². The molecule has 0 radical (unpaired) electrons. The molecule has 1 aromatic heterocycles. The molecule has 0 unspecified atom stereocenters. The third-order valence-electron chi connectivity index (χ3n) is 4.39. The van der Waals surface area contributed by atoms with Gasteiger partial charge in [-0.3, -0.25) is 14.5 Å². The lowest BCUT2D eigenvalue weighted by Crippen LogP contribution is -2.24. The molecular formula is C15H19NO3S. The van der Waals surface area contributed by atoms with E-state index < -0.39 is 5.97 Å². The van der Waals surface area contributed by atoms with E-state index in [1.54, 1.807) is 6.92 Å². The van der Waals surface area contributed by atoms with Crippen LogP contribution in [0.5, 0.6) is 0 Å². The van der Waals surface area contributed by atoms with E-state index in [2.05, 4.69) is 4.90 Å². The van der Waals surface area contributed by atoms with Crippen LogP contribution in [0.15, 0.2) is 11.4 Å². The average Bonchev–Trinajstić information content (AvgIpc) is 2.97. The second-order valence-electron chi connectivity index (χ2n) is 6.02. The van der Waals surface area contributed by atoms with Crippen molar-refractivity contribution < 1.29 is 14.7 Å². The van der Waals surface area contributed by atoms with Crippen molar-refractivity contribution in [2.45, 2.75) is 26.3 Å². The number of Topliss-reactive ketones (excluding diaryl/α,β-unsaturated/α-hetero) is 1. The van der Waals surface area contributed by atoms with Crippen LogP contribution in [0, 0.1) is 17.8 Å². The summed E-state index contributed by atoms with van der Waals surface area (Å²) in [4.78, 5) is 25.7. The standard InChI is InChI=1S/C15H19NO3S/c1-9(17)14-4-10(8-20-14)5-16-6-12(11-2-3-11)13(7-16)15(18)19/h4,8,11-13H,2-3,5-7H2,1H3,(H,18,19)/t12-,13+/m0/s1. The van der Waals surface area contributed by atoms with E-state index >= 15 is 0 Å². The monoisotopic (exact) mass is 293 g/mol. The number of rotatable bonds is 5. The summed E-state index contributed by atoms with van der Waals surface area (Å²) in [6.45, 7) is 3.86. The largest absolute Gasteiger partial charge is 0.481 e. The van der Waals surface area contributed by atoms with Gasteiger partial charge in [-0.15, -0.1) is 11.3 Å². The highest BCUT2D eigenvalue weighted by Gasteiger charge is 2.45. The third-order valence-corrected chi connectivity index (χ3v) is 5.47. The maximum absolute atomic E-state index is 11.4. The Hall–Kier alpha value is -1.20. The van der Waals surface area contributed by atoms with Gasteiger partial charge in [-0.2, -0.15) is 0 Å². The summed E-state index contributed by atoms with van der Waals surface area (Å²) in [5.74, 6) is 0.171. The number of ketones is 1. The Morgan fingerprint density at radius 3 is 2.70 bits per heavy atom. The number of carbonyl (C=O) groups is 2. The molecule has 3 rings (SSSR count). The number of likely N-dealkylation sites (tertiary alicyclic amines) is 1. The van der Waals surface area contributed by atoms with Gasteiger partial charge in [0.15, 0.2) is 5.78 Å². The summed E-state index contributed by atoms with van der Waals surface area (Å²) in [6.07, 6.45) is 2.38. The second-order valence-corrected chi connectivity index (χ2v) is 6.93. The van der Waals surface area contributed by atoms with Gasteiger partial charge in [0.1, 0.15) is 0 Å². The van der Waals surface area contributed by atoms with Gasteiger partial charge >= 0.3 is 5.97 Å². The molecule has 0 aromatic carbocycles. The van der Waals surface area contributed by atoms with Gasteiger partial charge in [0, 0.05) is 19.6 Å². The van der Waals surface area contributed by atoms with Gasteiger partial charge in [0.05, 0.1) is 10.8 Å². The molecule has 0 amide bonds. The Kier molecular flexibility index (Phi) is 3.65. The topological polar surface area (TPSA) is 57.6 Å². The predicted molar refractivity (Wildman–Crippen MR) is 76.9 cm³/mol. The Balaban J connectivity index is 1.65. The molecule has 0 bridgehead atoms. The SMILES string of the molecule is CC(=O)c1cc(CN2C[C@@H](C(=O)O)[C@H](C3CC3)C2)cs1. The van der Waals surface area contributed by atoms with Crippen LogP contribution in [0.4, 0.5) is 0 Å². The molecule has 2 fully saturated rings. The highest BCUT2D eigenvalue weighted by molar-refractivity contribution is 7.12. The fourth-order valence-corrected chi connectivity index (χ4v) is 4.01. The first-order valence-corrected chi connectivity index (χ1v) is 7.96. The summed E-state index contributed by atoms with van der Waals surface area (Å²) < 4.78 is 0. The number of thiophene rings is 1. The predicted octanol–water partition coefficient (Wildman–Crippen LogP) is 2.49. The Morgan fingerprint density at radius 2 is 2.15 bits per heavy atom. The normalized spacial score (nSPS) is 26.9. The molecule has 20 heavy (non-hydrogen) atoms. The van der Waals surface area contributed by atoms with Gasteiger partial charge in [0.2, 0.25) is 0 Å². The number of hydrogen-bond donors (Lipinski definition) is 1. The van der Waals surface area contributed by atoms with Crippen LogP contribution in [0.3, 0.4) is 0 Å². The molecule has 0 spiro atoms. The molecule has 4 nitrogen and oxygen atoms in total. The van der Waals surface area contributed by atoms with E-state index in [1.807, 2.05) is 11.4 Å². The van der Waals surface area contributed by atoms with Crippen molar-refractivity contribution in [1.29, 1.82) is 0 Å². The maximum Gasteiger partial charge on any atom is 0.308 e. The zero-order valence-electron chi connectivity index (χ0n) is 11.5. The van der Waals surface area contributed by atoms with Gasteiger partial charge in [0.25, 0.3) is 0 Å². The van der Waals surface area contributed by atoms with E-state index in [9.17, 15) is 14.7 Å². The molecule has 1 aromatic rings. The lowest BCUT2D eigenvalue weighted by molar-refractivity contribution is -0.142. The minimum atomic E-state index is -0.654. The maximum atomic E-state index is 11.4. The van der Waals surface area contributed by atoms with Crippen molar-refractivity contribution in [2.75, 3.05) is 13.1 Å². The van der Waals surface area contributed by atoms with Crippen LogP contribution in [-0.4, -0.2) is 34.8 Å². The van der Waals surface area contributed by atoms with Crippen LogP contribution < -0.4 is 0 Å². The lowest BCUT2D eigenvalue weighted by atomic mass is 9.92. The molecule has 1 aliphatic heterocycles. The average molecular weight is 293 g/mol. The van der Waals surface area contributed by atoms with Crippen molar-refractivity contribution in [3.8, 4) is 0 Å². The summed E-state index contributed by atoms with van der Waals surface area (Å²) in [6, 6.07) is 1.94. The van der Waals surface area contributed by atoms with Crippen molar-refractivity contribution in [3.63, 3.8) is 0 Å². The van der Waals surface area contributed by atoms with Crippen molar-refractivity contribution >= 4 is 23.1 Å². The van der Waals surface area contributed by atoms with Crippen LogP contribution >= 0.6 is 11.3 Å². The molecule has 5 heteroatoms. The van der Waals surface area contributed by atoms with Gasteiger partial charge in [-0.1, -0.05) is 0 Å². The first-order chi connectivity index (χ1) is 9.54. The van der Waals surface area contributed by atoms with Crippen molar-refractivity contribution in [3.05, 3.63) is 21.9 Å². The summed E-state index contributed by atoms with van der Waals surface area (Å²) in [5.41, 5.74) is 1.13. The molecule has 108 valence electrons. The second kappa shape index (κ2) is 5.30. The first kappa shape index (κ1) is 13.8. The quantitative estimate of drug-likeness (QED) is 0.847. The molecule has 1 aliphatic carbocycles. The van der Waals surface area contributed by atoms with Gasteiger partial charge in [-0.25, -0.2) is 0 Å². The minimum Gasteiger partial charge on any atom is -0.481 e. The fourth-order valence-electron chi connectivity index (χ4n) is 3.21. The third kappa shape index (κ3) is 2.79.